The summed E-state index contributed by atoms with van der Waals surface area (Å²) in [6, 6.07) is 0.345. The van der Waals surface area contributed by atoms with Crippen LogP contribution >= 0.6 is 0 Å². The van der Waals surface area contributed by atoms with Crippen molar-refractivity contribution in [2.45, 2.75) is 78.7 Å². The molecule has 0 aromatic carbocycles. The quantitative estimate of drug-likeness (QED) is 0.611. The first kappa shape index (κ1) is 17.0. The van der Waals surface area contributed by atoms with E-state index in [4.69, 9.17) is 11.5 Å². The summed E-state index contributed by atoms with van der Waals surface area (Å²) >= 11 is 0. The van der Waals surface area contributed by atoms with E-state index in [1.165, 1.54) is 12.8 Å². The van der Waals surface area contributed by atoms with Crippen molar-refractivity contribution in [3.05, 3.63) is 0 Å². The van der Waals surface area contributed by atoms with Gasteiger partial charge in [-0.3, -0.25) is 0 Å². The number of rotatable bonds is 4. The number of amidine groups is 1. The van der Waals surface area contributed by atoms with Crippen LogP contribution in [-0.4, -0.2) is 17.8 Å². The van der Waals surface area contributed by atoms with Crippen molar-refractivity contribution >= 4 is 11.8 Å². The Labute approximate surface area is 124 Å². The summed E-state index contributed by atoms with van der Waals surface area (Å²) < 4.78 is 0. The van der Waals surface area contributed by atoms with Crippen molar-refractivity contribution in [3.63, 3.8) is 0 Å². The average Bonchev–Trinajstić information content (AvgIpc) is 2.30. The van der Waals surface area contributed by atoms with Gasteiger partial charge in [0.2, 0.25) is 5.96 Å². The molecule has 1 aliphatic rings. The minimum absolute atomic E-state index is 0.345. The molecule has 0 heterocycles. The van der Waals surface area contributed by atoms with Crippen LogP contribution in [0, 0.1) is 11.3 Å². The number of nitrogens with zero attached hydrogens (tertiary/aromatic N) is 2. The standard InChI is InChI=1S/C16H32N4/c1-12-7-9-13(10-8-12)19-15(18)20-14(17)6-5-11-16(2,3)4/h12-13H,5-11H2,1-4H3,(H4,17,18,19,20). The highest BCUT2D eigenvalue weighted by Crippen LogP contribution is 2.25. The summed E-state index contributed by atoms with van der Waals surface area (Å²) in [4.78, 5) is 8.73. The zero-order valence-corrected chi connectivity index (χ0v) is 13.7. The molecular weight excluding hydrogens is 248 g/mol. The summed E-state index contributed by atoms with van der Waals surface area (Å²) in [5.74, 6) is 1.80. The first-order valence-corrected chi connectivity index (χ1v) is 7.92. The molecule has 0 aromatic heterocycles. The normalized spacial score (nSPS) is 25.8. The highest BCUT2D eigenvalue weighted by molar-refractivity contribution is 5.94. The molecule has 1 aliphatic carbocycles. The summed E-state index contributed by atoms with van der Waals surface area (Å²) in [5.41, 5.74) is 12.1. The van der Waals surface area contributed by atoms with E-state index < -0.39 is 0 Å². The maximum Gasteiger partial charge on any atom is 0.217 e. The second-order valence-corrected chi connectivity index (χ2v) is 7.42. The molecule has 116 valence electrons. The van der Waals surface area contributed by atoms with Crippen molar-refractivity contribution < 1.29 is 0 Å². The van der Waals surface area contributed by atoms with Crippen LogP contribution in [0.25, 0.3) is 0 Å². The minimum Gasteiger partial charge on any atom is -0.387 e. The van der Waals surface area contributed by atoms with Gasteiger partial charge in [-0.25, -0.2) is 9.98 Å². The second kappa shape index (κ2) is 7.65. The van der Waals surface area contributed by atoms with Gasteiger partial charge < -0.3 is 11.5 Å². The van der Waals surface area contributed by atoms with Crippen molar-refractivity contribution in [1.29, 1.82) is 0 Å². The van der Waals surface area contributed by atoms with E-state index in [9.17, 15) is 0 Å². The molecule has 4 heteroatoms. The van der Waals surface area contributed by atoms with Gasteiger partial charge in [-0.2, -0.15) is 0 Å². The largest absolute Gasteiger partial charge is 0.387 e. The smallest absolute Gasteiger partial charge is 0.217 e. The first-order valence-electron chi connectivity index (χ1n) is 7.92. The topological polar surface area (TPSA) is 76.8 Å². The molecule has 0 radical (unpaired) electrons. The Morgan fingerprint density at radius 2 is 1.70 bits per heavy atom. The molecule has 0 spiro atoms. The monoisotopic (exact) mass is 280 g/mol. The van der Waals surface area contributed by atoms with Gasteiger partial charge in [-0.1, -0.05) is 27.7 Å². The molecular formula is C16H32N4. The first-order chi connectivity index (χ1) is 9.26. The predicted molar refractivity (Wildman–Crippen MR) is 88.0 cm³/mol. The molecule has 0 unspecified atom stereocenters. The molecule has 4 nitrogen and oxygen atoms in total. The molecule has 1 fully saturated rings. The summed E-state index contributed by atoms with van der Waals surface area (Å²) in [6.07, 6.45) is 7.73. The van der Waals surface area contributed by atoms with Crippen LogP contribution in [0.2, 0.25) is 0 Å². The summed E-state index contributed by atoms with van der Waals surface area (Å²) in [6.45, 7) is 9.01. The van der Waals surface area contributed by atoms with Gasteiger partial charge in [-0.15, -0.1) is 0 Å². The third-order valence-corrected chi connectivity index (χ3v) is 3.92. The van der Waals surface area contributed by atoms with Crippen LogP contribution in [0.5, 0.6) is 0 Å². The Hall–Kier alpha value is -1.06. The fraction of sp³-hybridized carbons (Fsp3) is 0.875. The van der Waals surface area contributed by atoms with Crippen LogP contribution in [0.15, 0.2) is 9.98 Å². The van der Waals surface area contributed by atoms with Crippen LogP contribution in [0.3, 0.4) is 0 Å². The van der Waals surface area contributed by atoms with E-state index in [0.29, 0.717) is 23.3 Å². The lowest BCUT2D eigenvalue weighted by molar-refractivity contribution is 0.349. The fourth-order valence-corrected chi connectivity index (χ4v) is 2.59. The van der Waals surface area contributed by atoms with Gasteiger partial charge in [0.15, 0.2) is 0 Å². The number of aliphatic imine (C=N–C) groups is 2. The van der Waals surface area contributed by atoms with Crippen LogP contribution in [0.1, 0.15) is 72.6 Å². The zero-order valence-electron chi connectivity index (χ0n) is 13.7. The molecule has 1 rings (SSSR count). The van der Waals surface area contributed by atoms with E-state index in [-0.39, 0.29) is 0 Å². The number of hydrogen-bond donors (Lipinski definition) is 2. The molecule has 0 aliphatic heterocycles. The van der Waals surface area contributed by atoms with Crippen molar-refractivity contribution in [1.82, 2.24) is 0 Å². The molecule has 0 amide bonds. The molecule has 0 aromatic rings. The maximum absolute atomic E-state index is 5.92. The number of hydrogen-bond acceptors (Lipinski definition) is 1. The zero-order chi connectivity index (χ0) is 15.2. The van der Waals surface area contributed by atoms with E-state index in [0.717, 1.165) is 38.0 Å². The number of nitrogens with two attached hydrogens (primary N) is 2. The maximum atomic E-state index is 5.92. The predicted octanol–water partition coefficient (Wildman–Crippen LogP) is 3.45. The third-order valence-electron chi connectivity index (χ3n) is 3.92. The fourth-order valence-electron chi connectivity index (χ4n) is 2.59. The Kier molecular flexibility index (Phi) is 6.50. The van der Waals surface area contributed by atoms with E-state index in [1.807, 2.05) is 0 Å². The van der Waals surface area contributed by atoms with Gasteiger partial charge in [0.1, 0.15) is 5.84 Å². The number of guanidine groups is 1. The summed E-state index contributed by atoms with van der Waals surface area (Å²) in [5, 5.41) is 0. The Balaban J connectivity index is 2.38. The van der Waals surface area contributed by atoms with Gasteiger partial charge in [0, 0.05) is 6.42 Å². The van der Waals surface area contributed by atoms with Gasteiger partial charge in [0.05, 0.1) is 6.04 Å². The Morgan fingerprint density at radius 1 is 1.10 bits per heavy atom. The Morgan fingerprint density at radius 3 is 2.25 bits per heavy atom. The van der Waals surface area contributed by atoms with Crippen LogP contribution in [0.4, 0.5) is 0 Å². The van der Waals surface area contributed by atoms with Crippen LogP contribution < -0.4 is 11.5 Å². The lowest BCUT2D eigenvalue weighted by atomic mass is 9.88. The van der Waals surface area contributed by atoms with Crippen LogP contribution in [-0.2, 0) is 0 Å². The molecule has 4 N–H and O–H groups in total. The molecule has 0 saturated heterocycles. The third kappa shape index (κ3) is 7.51. The highest BCUT2D eigenvalue weighted by atomic mass is 15.1. The van der Waals surface area contributed by atoms with Gasteiger partial charge in [0.25, 0.3) is 0 Å². The lowest BCUT2D eigenvalue weighted by Crippen LogP contribution is -2.23. The highest BCUT2D eigenvalue weighted by Gasteiger charge is 2.17. The molecule has 20 heavy (non-hydrogen) atoms. The van der Waals surface area contributed by atoms with E-state index in [1.54, 1.807) is 0 Å². The molecule has 1 saturated carbocycles. The second-order valence-electron chi connectivity index (χ2n) is 7.42. The van der Waals surface area contributed by atoms with E-state index >= 15 is 0 Å². The van der Waals surface area contributed by atoms with Crippen molar-refractivity contribution in [2.75, 3.05) is 0 Å². The van der Waals surface area contributed by atoms with Gasteiger partial charge in [-0.05, 0) is 49.9 Å². The lowest BCUT2D eigenvalue weighted by Gasteiger charge is -2.23. The van der Waals surface area contributed by atoms with E-state index in [2.05, 4.69) is 37.7 Å². The van der Waals surface area contributed by atoms with Crippen molar-refractivity contribution in [2.24, 2.45) is 32.8 Å². The van der Waals surface area contributed by atoms with Gasteiger partial charge >= 0.3 is 0 Å². The average molecular weight is 280 g/mol. The molecule has 0 bridgehead atoms. The minimum atomic E-state index is 0.345. The molecule has 0 atom stereocenters. The van der Waals surface area contributed by atoms with Crippen molar-refractivity contribution in [3.8, 4) is 0 Å². The SMILES string of the molecule is CC1CCC(N=C(N)N=C(N)CCCC(C)(C)C)CC1. The Bertz CT molecular complexity index is 344. The summed E-state index contributed by atoms with van der Waals surface area (Å²) in [7, 11) is 0.